The van der Waals surface area contributed by atoms with Gasteiger partial charge >= 0.3 is 6.61 Å². The summed E-state index contributed by atoms with van der Waals surface area (Å²) in [5, 5.41) is 12.5. The van der Waals surface area contributed by atoms with Crippen molar-refractivity contribution in [3.8, 4) is 33.9 Å². The van der Waals surface area contributed by atoms with Crippen LogP contribution in [0.2, 0.25) is 0 Å². The lowest BCUT2D eigenvalue weighted by molar-refractivity contribution is -0.0502. The molecule has 0 bridgehead atoms. The number of nitrogens with one attached hydrogen (secondary N) is 1. The van der Waals surface area contributed by atoms with Gasteiger partial charge in [0.15, 0.2) is 0 Å². The molecular weight excluding hydrogens is 484 g/mol. The van der Waals surface area contributed by atoms with Gasteiger partial charge in [-0.3, -0.25) is 14.2 Å². The third kappa shape index (κ3) is 4.50. The van der Waals surface area contributed by atoms with Crippen LogP contribution in [0.1, 0.15) is 28.8 Å². The van der Waals surface area contributed by atoms with Gasteiger partial charge in [-0.1, -0.05) is 6.92 Å². The summed E-state index contributed by atoms with van der Waals surface area (Å²) in [7, 11) is 4.99. The molecule has 0 fully saturated rings. The second-order valence-corrected chi connectivity index (χ2v) is 8.96. The molecule has 1 N–H and O–H groups in total. The number of carbonyl (C=O) groups excluding carboxylic acids is 1. The lowest BCUT2D eigenvalue weighted by atomic mass is 9.88. The van der Waals surface area contributed by atoms with E-state index in [1.54, 1.807) is 36.8 Å². The second kappa shape index (κ2) is 9.81. The predicted octanol–water partition coefficient (Wildman–Crippen LogP) is 4.21. The van der Waals surface area contributed by atoms with Gasteiger partial charge in [-0.05, 0) is 41.3 Å². The zero-order chi connectivity index (χ0) is 26.3. The third-order valence-corrected chi connectivity index (χ3v) is 6.56. The van der Waals surface area contributed by atoms with Crippen molar-refractivity contribution in [3.63, 3.8) is 0 Å². The molecule has 1 amide bonds. The quantitative estimate of drug-likeness (QED) is 0.381. The maximum atomic E-state index is 13.3. The van der Waals surface area contributed by atoms with Crippen LogP contribution in [0, 0.1) is 0 Å². The number of alkyl halides is 2. The van der Waals surface area contributed by atoms with Crippen LogP contribution < -0.4 is 14.8 Å². The fourth-order valence-corrected chi connectivity index (χ4v) is 4.81. The SMILES string of the molecule is COCCn1cc(-c2cc(OC)c3c(-c4cc(OC(F)F)c5c(c4)C(C)CNC5=O)n(C)nc3c2)cn1. The van der Waals surface area contributed by atoms with Gasteiger partial charge in [-0.2, -0.15) is 19.0 Å². The molecule has 9 nitrogen and oxygen atoms in total. The first-order valence-electron chi connectivity index (χ1n) is 11.8. The predicted molar refractivity (Wildman–Crippen MR) is 133 cm³/mol. The Morgan fingerprint density at radius 3 is 2.65 bits per heavy atom. The van der Waals surface area contributed by atoms with E-state index < -0.39 is 12.5 Å². The number of halogens is 2. The molecule has 4 aromatic rings. The molecule has 5 rings (SSSR count). The summed E-state index contributed by atoms with van der Waals surface area (Å²) in [5.74, 6) is -0.117. The minimum Gasteiger partial charge on any atom is -0.496 e. The van der Waals surface area contributed by atoms with Crippen LogP contribution >= 0.6 is 0 Å². The first-order chi connectivity index (χ1) is 17.8. The lowest BCUT2D eigenvalue weighted by Crippen LogP contribution is -2.34. The van der Waals surface area contributed by atoms with Gasteiger partial charge in [0.05, 0.1) is 48.6 Å². The highest BCUT2D eigenvalue weighted by Gasteiger charge is 2.30. The Balaban J connectivity index is 1.67. The van der Waals surface area contributed by atoms with Gasteiger partial charge in [0.2, 0.25) is 0 Å². The minimum atomic E-state index is -3.07. The van der Waals surface area contributed by atoms with Gasteiger partial charge in [0, 0.05) is 38.0 Å². The molecular formula is C26H27F2N5O4. The van der Waals surface area contributed by atoms with Crippen molar-refractivity contribution in [2.24, 2.45) is 7.05 Å². The first kappa shape index (κ1) is 24.7. The van der Waals surface area contributed by atoms with Crippen LogP contribution in [-0.2, 0) is 18.3 Å². The molecule has 37 heavy (non-hydrogen) atoms. The number of carbonyl (C=O) groups is 1. The van der Waals surface area contributed by atoms with Crippen LogP contribution in [0.15, 0.2) is 36.7 Å². The van der Waals surface area contributed by atoms with Crippen LogP contribution in [0.5, 0.6) is 11.5 Å². The molecule has 1 unspecified atom stereocenters. The first-order valence-corrected chi connectivity index (χ1v) is 11.8. The number of methoxy groups -OCH3 is 2. The summed E-state index contributed by atoms with van der Waals surface area (Å²) in [5.41, 5.74) is 4.46. The second-order valence-electron chi connectivity index (χ2n) is 8.96. The van der Waals surface area contributed by atoms with Crippen molar-refractivity contribution >= 4 is 16.8 Å². The standard InChI is InChI=1S/C26H27F2N5O4/c1-14-11-29-25(34)22-18(14)7-16(10-21(22)37-26(27)28)24-23-19(31-32(24)2)8-15(9-20(23)36-4)17-12-30-33(13-17)5-6-35-3/h7-10,12-14,26H,5-6,11H2,1-4H3,(H,29,34). The summed E-state index contributed by atoms with van der Waals surface area (Å²) in [6.07, 6.45) is 3.69. The number of rotatable bonds is 8. The number of aryl methyl sites for hydroxylation is 1. The van der Waals surface area contributed by atoms with E-state index >= 15 is 0 Å². The molecule has 0 radical (unpaired) electrons. The number of aromatic nitrogens is 4. The van der Waals surface area contributed by atoms with Gasteiger partial charge in [0.1, 0.15) is 11.5 Å². The van der Waals surface area contributed by atoms with Crippen LogP contribution in [-0.4, -0.2) is 59.5 Å². The van der Waals surface area contributed by atoms with Gasteiger partial charge in [-0.15, -0.1) is 0 Å². The molecule has 194 valence electrons. The fourth-order valence-electron chi connectivity index (χ4n) is 4.81. The molecule has 1 aliphatic rings. The van der Waals surface area contributed by atoms with Crippen LogP contribution in [0.4, 0.5) is 8.78 Å². The number of fused-ring (bicyclic) bond motifs is 2. The highest BCUT2D eigenvalue weighted by Crippen LogP contribution is 2.42. The molecule has 1 atom stereocenters. The van der Waals surface area contributed by atoms with Gasteiger partial charge < -0.3 is 19.5 Å². The molecule has 1 aliphatic heterocycles. The molecule has 0 saturated carbocycles. The van der Waals surface area contributed by atoms with Crippen LogP contribution in [0.3, 0.4) is 0 Å². The summed E-state index contributed by atoms with van der Waals surface area (Å²) in [4.78, 5) is 12.6. The van der Waals surface area contributed by atoms with Crippen molar-refractivity contribution < 1.29 is 27.8 Å². The van der Waals surface area contributed by atoms with E-state index in [2.05, 4.69) is 10.4 Å². The van der Waals surface area contributed by atoms with Crippen molar-refractivity contribution in [2.45, 2.75) is 26.0 Å². The zero-order valence-corrected chi connectivity index (χ0v) is 20.9. The van der Waals surface area contributed by atoms with Crippen molar-refractivity contribution in [1.82, 2.24) is 24.9 Å². The topological polar surface area (TPSA) is 92.4 Å². The maximum Gasteiger partial charge on any atom is 0.387 e. The summed E-state index contributed by atoms with van der Waals surface area (Å²) in [6, 6.07) is 7.15. The molecule has 3 heterocycles. The van der Waals surface area contributed by atoms with E-state index in [1.165, 1.54) is 6.07 Å². The number of hydrogen-bond donors (Lipinski definition) is 1. The van der Waals surface area contributed by atoms with E-state index in [-0.39, 0.29) is 17.2 Å². The zero-order valence-electron chi connectivity index (χ0n) is 20.9. The van der Waals surface area contributed by atoms with E-state index in [0.29, 0.717) is 47.8 Å². The Morgan fingerprint density at radius 1 is 1.14 bits per heavy atom. The largest absolute Gasteiger partial charge is 0.496 e. The number of ether oxygens (including phenoxy) is 3. The Labute approximate surface area is 211 Å². The molecule has 0 saturated heterocycles. The van der Waals surface area contributed by atoms with Crippen molar-refractivity contribution in [3.05, 3.63) is 47.8 Å². The Bertz CT molecular complexity index is 1480. The number of hydrogen-bond acceptors (Lipinski definition) is 6. The summed E-state index contributed by atoms with van der Waals surface area (Å²) in [6.45, 7) is 0.428. The molecule has 2 aromatic carbocycles. The van der Waals surface area contributed by atoms with E-state index in [4.69, 9.17) is 19.3 Å². The Hall–Kier alpha value is -3.99. The number of nitrogens with zero attached hydrogens (tertiary/aromatic N) is 4. The van der Waals surface area contributed by atoms with Crippen molar-refractivity contribution in [2.75, 3.05) is 27.4 Å². The fraction of sp³-hybridized carbons (Fsp3) is 0.346. The van der Waals surface area contributed by atoms with Crippen molar-refractivity contribution in [1.29, 1.82) is 0 Å². The molecule has 0 aliphatic carbocycles. The summed E-state index contributed by atoms with van der Waals surface area (Å²) < 4.78 is 45.8. The van der Waals surface area contributed by atoms with E-state index in [0.717, 1.165) is 16.5 Å². The average Bonchev–Trinajstić information content (AvgIpc) is 3.47. The molecule has 0 spiro atoms. The third-order valence-electron chi connectivity index (χ3n) is 6.56. The lowest BCUT2D eigenvalue weighted by Gasteiger charge is -2.25. The minimum absolute atomic E-state index is 0.0877. The molecule has 2 aromatic heterocycles. The molecule has 11 heteroatoms. The summed E-state index contributed by atoms with van der Waals surface area (Å²) >= 11 is 0. The monoisotopic (exact) mass is 511 g/mol. The average molecular weight is 512 g/mol. The van der Waals surface area contributed by atoms with Gasteiger partial charge in [-0.25, -0.2) is 0 Å². The number of benzene rings is 2. The van der Waals surface area contributed by atoms with E-state index in [1.807, 2.05) is 31.3 Å². The van der Waals surface area contributed by atoms with E-state index in [9.17, 15) is 13.6 Å². The Morgan fingerprint density at radius 2 is 1.92 bits per heavy atom. The van der Waals surface area contributed by atoms with Crippen LogP contribution in [0.25, 0.3) is 33.3 Å². The van der Waals surface area contributed by atoms with Gasteiger partial charge in [0.25, 0.3) is 5.91 Å². The highest BCUT2D eigenvalue weighted by molar-refractivity contribution is 6.03. The normalized spacial score (nSPS) is 15.2. The Kier molecular flexibility index (Phi) is 6.55. The smallest absolute Gasteiger partial charge is 0.387 e. The highest BCUT2D eigenvalue weighted by atomic mass is 19.3. The number of amides is 1. The maximum absolute atomic E-state index is 13.3.